The number of allylic oxidation sites excluding steroid dienone is 5. The van der Waals surface area contributed by atoms with Gasteiger partial charge in [-0.25, -0.2) is 0 Å². The summed E-state index contributed by atoms with van der Waals surface area (Å²) in [4.78, 5) is 0. The summed E-state index contributed by atoms with van der Waals surface area (Å²) < 4.78 is 5.52. The second kappa shape index (κ2) is 6.14. The predicted octanol–water partition coefficient (Wildman–Crippen LogP) is 5.79. The van der Waals surface area contributed by atoms with Gasteiger partial charge in [-0.05, 0) is 62.4 Å². The topological polar surface area (TPSA) is 9.23 Å². The van der Waals surface area contributed by atoms with Crippen molar-refractivity contribution in [1.29, 1.82) is 0 Å². The third kappa shape index (κ3) is 2.38. The quantitative estimate of drug-likeness (QED) is 0.438. The van der Waals surface area contributed by atoms with E-state index >= 15 is 0 Å². The molecule has 0 amide bonds. The van der Waals surface area contributed by atoms with E-state index in [1.807, 2.05) is 7.11 Å². The molecule has 1 nitrogen and oxygen atoms in total. The van der Waals surface area contributed by atoms with E-state index in [1.54, 1.807) is 11.1 Å². The van der Waals surface area contributed by atoms with Crippen molar-refractivity contribution in [3.63, 3.8) is 0 Å². The predicted molar refractivity (Wildman–Crippen MR) is 99.2 cm³/mol. The van der Waals surface area contributed by atoms with Crippen molar-refractivity contribution in [2.75, 3.05) is 7.11 Å². The van der Waals surface area contributed by atoms with Crippen molar-refractivity contribution in [2.24, 2.45) is 23.2 Å². The maximum Gasteiger partial charge on any atom is 0.0959 e. The minimum absolute atomic E-state index is 0.351. The molecule has 0 aromatic rings. The summed E-state index contributed by atoms with van der Waals surface area (Å²) in [5, 5.41) is 0. The van der Waals surface area contributed by atoms with Gasteiger partial charge in [-0.15, -0.1) is 0 Å². The van der Waals surface area contributed by atoms with Crippen LogP contribution in [0.25, 0.3) is 0 Å². The highest BCUT2D eigenvalue weighted by atomic mass is 16.5. The maximum atomic E-state index is 5.52. The minimum atomic E-state index is 0.351. The Labute approximate surface area is 147 Å². The highest BCUT2D eigenvalue weighted by Crippen LogP contribution is 2.61. The zero-order valence-corrected chi connectivity index (χ0v) is 15.5. The second-order valence-electron chi connectivity index (χ2n) is 8.26. The summed E-state index contributed by atoms with van der Waals surface area (Å²) in [5.41, 5.74) is 5.29. The Morgan fingerprint density at radius 3 is 2.96 bits per heavy atom. The highest BCUT2D eigenvalue weighted by Gasteiger charge is 2.51. The van der Waals surface area contributed by atoms with E-state index in [2.05, 4.69) is 37.8 Å². The molecule has 0 aliphatic heterocycles. The van der Waals surface area contributed by atoms with E-state index < -0.39 is 0 Å². The molecular weight excluding hydrogens is 292 g/mol. The van der Waals surface area contributed by atoms with Crippen LogP contribution < -0.4 is 0 Å². The smallest absolute Gasteiger partial charge is 0.0959 e. The summed E-state index contributed by atoms with van der Waals surface area (Å²) in [6.45, 7) is 4.66. The van der Waals surface area contributed by atoms with Crippen molar-refractivity contribution < 1.29 is 4.74 Å². The van der Waals surface area contributed by atoms with Gasteiger partial charge in [0.2, 0.25) is 0 Å². The molecule has 0 heterocycles. The van der Waals surface area contributed by atoms with Crippen molar-refractivity contribution in [3.05, 3.63) is 34.6 Å². The van der Waals surface area contributed by atoms with Gasteiger partial charge in [-0.1, -0.05) is 42.9 Å². The van der Waals surface area contributed by atoms with Crippen LogP contribution in [0.3, 0.4) is 0 Å². The van der Waals surface area contributed by atoms with Gasteiger partial charge in [0, 0.05) is 23.8 Å². The van der Waals surface area contributed by atoms with Crippen LogP contribution in [0.2, 0.25) is 0 Å². The third-order valence-electron chi connectivity index (χ3n) is 7.30. The van der Waals surface area contributed by atoms with Crippen LogP contribution >= 0.6 is 0 Å². The monoisotopic (exact) mass is 322 g/mol. The molecular formula is C23H30O. The first-order valence-electron chi connectivity index (χ1n) is 9.80. The highest BCUT2D eigenvalue weighted by molar-refractivity contribution is 5.41. The molecule has 1 heteroatoms. The number of hydrogen-bond donors (Lipinski definition) is 0. The van der Waals surface area contributed by atoms with Crippen molar-refractivity contribution in [3.8, 4) is 11.8 Å². The molecule has 0 radical (unpaired) electrons. The number of ether oxygens (including phenoxy) is 1. The average molecular weight is 322 g/mol. The largest absolute Gasteiger partial charge is 0.501 e. The Bertz CT molecular complexity index is 681. The van der Waals surface area contributed by atoms with Gasteiger partial charge in [-0.3, -0.25) is 0 Å². The molecule has 4 atom stereocenters. The molecule has 0 N–H and O–H groups in total. The van der Waals surface area contributed by atoms with E-state index in [1.165, 1.54) is 43.4 Å². The molecule has 4 aliphatic carbocycles. The number of hydrogen-bond acceptors (Lipinski definition) is 1. The fourth-order valence-electron chi connectivity index (χ4n) is 5.99. The molecule has 128 valence electrons. The normalized spacial score (nSPS) is 37.4. The number of methoxy groups -OCH3 is 1. The molecule has 4 unspecified atom stereocenters. The molecule has 1 fully saturated rings. The van der Waals surface area contributed by atoms with Gasteiger partial charge in [0.15, 0.2) is 0 Å². The molecule has 0 saturated heterocycles. The standard InChI is InChI=1S/C23H30O/c1-4-5-6-17-8-12-22-21-10-7-16-15-18(24-3)9-11-19(16)20(21)13-14-23(17,22)2/h8-9,20-22H,4,7,10-15H2,1-3H3. The van der Waals surface area contributed by atoms with E-state index in [-0.39, 0.29) is 0 Å². The van der Waals surface area contributed by atoms with Gasteiger partial charge < -0.3 is 4.74 Å². The molecule has 0 spiro atoms. The van der Waals surface area contributed by atoms with Crippen molar-refractivity contribution >= 4 is 0 Å². The molecule has 4 aliphatic rings. The lowest BCUT2D eigenvalue weighted by Gasteiger charge is -2.51. The van der Waals surface area contributed by atoms with Gasteiger partial charge in [0.25, 0.3) is 0 Å². The first kappa shape index (κ1) is 16.1. The molecule has 4 rings (SSSR count). The summed E-state index contributed by atoms with van der Waals surface area (Å²) in [6.07, 6.45) is 14.6. The van der Waals surface area contributed by atoms with Crippen LogP contribution in [-0.2, 0) is 4.74 Å². The maximum absolute atomic E-state index is 5.52. The Morgan fingerprint density at radius 2 is 2.17 bits per heavy atom. The SMILES string of the molecule is CCC#CC1=CCC2C3CCC4=C(CC=C(OC)C4)C3CCC12C. The van der Waals surface area contributed by atoms with Crippen LogP contribution in [0.15, 0.2) is 34.6 Å². The average Bonchev–Trinajstić information content (AvgIpc) is 2.95. The Morgan fingerprint density at radius 1 is 1.29 bits per heavy atom. The van der Waals surface area contributed by atoms with E-state index in [9.17, 15) is 0 Å². The minimum Gasteiger partial charge on any atom is -0.501 e. The summed E-state index contributed by atoms with van der Waals surface area (Å²) >= 11 is 0. The van der Waals surface area contributed by atoms with Crippen LogP contribution in [0.4, 0.5) is 0 Å². The Balaban J connectivity index is 1.58. The molecule has 0 aromatic heterocycles. The lowest BCUT2D eigenvalue weighted by Crippen LogP contribution is -2.42. The van der Waals surface area contributed by atoms with E-state index in [4.69, 9.17) is 4.74 Å². The molecule has 0 aromatic carbocycles. The van der Waals surface area contributed by atoms with Gasteiger partial charge >= 0.3 is 0 Å². The molecule has 0 bridgehead atoms. The Hall–Kier alpha value is -1.42. The Kier molecular flexibility index (Phi) is 4.11. The van der Waals surface area contributed by atoms with Crippen LogP contribution in [-0.4, -0.2) is 7.11 Å². The molecule has 1 saturated carbocycles. The van der Waals surface area contributed by atoms with Crippen molar-refractivity contribution in [2.45, 2.75) is 65.2 Å². The van der Waals surface area contributed by atoms with Gasteiger partial charge in [0.1, 0.15) is 0 Å². The fourth-order valence-corrected chi connectivity index (χ4v) is 5.99. The van der Waals surface area contributed by atoms with Crippen LogP contribution in [0.5, 0.6) is 0 Å². The lowest BCUT2D eigenvalue weighted by atomic mass is 9.53. The van der Waals surface area contributed by atoms with Crippen molar-refractivity contribution in [1.82, 2.24) is 0 Å². The first-order chi connectivity index (χ1) is 11.7. The molecule has 24 heavy (non-hydrogen) atoms. The fraction of sp³-hybridized carbons (Fsp3) is 0.652. The van der Waals surface area contributed by atoms with E-state index in [0.29, 0.717) is 5.41 Å². The van der Waals surface area contributed by atoms with Gasteiger partial charge in [0.05, 0.1) is 12.9 Å². The second-order valence-corrected chi connectivity index (χ2v) is 8.26. The van der Waals surface area contributed by atoms with Gasteiger partial charge in [-0.2, -0.15) is 0 Å². The van der Waals surface area contributed by atoms with Crippen LogP contribution in [0, 0.1) is 35.0 Å². The first-order valence-corrected chi connectivity index (χ1v) is 9.80. The number of rotatable bonds is 1. The zero-order chi connectivity index (χ0) is 16.7. The summed E-state index contributed by atoms with van der Waals surface area (Å²) in [6, 6.07) is 0. The van der Waals surface area contributed by atoms with Crippen LogP contribution in [0.1, 0.15) is 65.2 Å². The number of fused-ring (bicyclic) bond motifs is 4. The zero-order valence-electron chi connectivity index (χ0n) is 15.5. The summed E-state index contributed by atoms with van der Waals surface area (Å²) in [5.74, 6) is 10.5. The van der Waals surface area contributed by atoms with E-state index in [0.717, 1.165) is 37.0 Å². The summed E-state index contributed by atoms with van der Waals surface area (Å²) in [7, 11) is 1.82. The third-order valence-corrected chi connectivity index (χ3v) is 7.30. The lowest BCUT2D eigenvalue weighted by molar-refractivity contribution is 0.0587.